The predicted molar refractivity (Wildman–Crippen MR) is 127 cm³/mol. The summed E-state index contributed by atoms with van der Waals surface area (Å²) in [6.07, 6.45) is 3.39. The lowest BCUT2D eigenvalue weighted by molar-refractivity contribution is 0.248. The zero-order valence-corrected chi connectivity index (χ0v) is 18.6. The van der Waals surface area contributed by atoms with E-state index in [0.29, 0.717) is 11.1 Å². The lowest BCUT2D eigenvalue weighted by atomic mass is 10.1. The van der Waals surface area contributed by atoms with Gasteiger partial charge in [-0.2, -0.15) is 10.1 Å². The normalized spacial score (nSPS) is 13.7. The number of anilines is 1. The molecule has 2 amide bonds. The fraction of sp³-hybridized carbons (Fsp3) is 0. The molecule has 3 aromatic heterocycles. The number of nitrogens with one attached hydrogen (secondary N) is 2. The minimum atomic E-state index is -0.585. The summed E-state index contributed by atoms with van der Waals surface area (Å²) in [5, 5.41) is 18.2. The smallest absolute Gasteiger partial charge is 0.347 e. The number of hydrazone groups is 1. The van der Waals surface area contributed by atoms with Gasteiger partial charge in [0.1, 0.15) is 0 Å². The first-order valence-corrected chi connectivity index (χ1v) is 10.4. The van der Waals surface area contributed by atoms with Gasteiger partial charge in [0.15, 0.2) is 11.6 Å². The first-order chi connectivity index (χ1) is 16.3. The molecule has 11 nitrogen and oxygen atoms in total. The third-order valence-electron chi connectivity index (χ3n) is 4.87. The summed E-state index contributed by atoms with van der Waals surface area (Å²) in [7, 11) is 0. The number of nitrogens with zero attached hydrogens (tertiary/aromatic N) is 5. The summed E-state index contributed by atoms with van der Waals surface area (Å²) in [6, 6.07) is 9.09. The fourth-order valence-electron chi connectivity index (χ4n) is 3.25. The summed E-state index contributed by atoms with van der Waals surface area (Å²) in [5.74, 6) is 0.146. The number of ether oxygens (including phenoxy) is 1. The van der Waals surface area contributed by atoms with Crippen molar-refractivity contribution >= 4 is 46.3 Å². The van der Waals surface area contributed by atoms with Crippen LogP contribution in [-0.2, 0) is 0 Å². The summed E-state index contributed by atoms with van der Waals surface area (Å²) in [4.78, 5) is 24.3. The van der Waals surface area contributed by atoms with Crippen molar-refractivity contribution in [3.8, 4) is 22.8 Å². The van der Waals surface area contributed by atoms with Crippen LogP contribution in [0.3, 0.4) is 0 Å². The number of nitrogens with two attached hydrogens (primary N) is 1. The van der Waals surface area contributed by atoms with Crippen LogP contribution >= 0.6 is 23.2 Å². The molecule has 1 aliphatic rings. The summed E-state index contributed by atoms with van der Waals surface area (Å²) in [5.41, 5.74) is 7.64. The fourth-order valence-corrected chi connectivity index (χ4v) is 3.80. The Morgan fingerprint density at radius 2 is 1.85 bits per heavy atom. The number of rotatable bonds is 4. The number of benzene rings is 1. The molecule has 0 fully saturated rings. The lowest BCUT2D eigenvalue weighted by Crippen LogP contribution is -2.45. The highest BCUT2D eigenvalue weighted by Crippen LogP contribution is 2.41. The van der Waals surface area contributed by atoms with Gasteiger partial charge in [0, 0.05) is 24.0 Å². The van der Waals surface area contributed by atoms with E-state index >= 15 is 0 Å². The number of aromatic amines is 1. The highest BCUT2D eigenvalue weighted by molar-refractivity contribution is 6.37. The van der Waals surface area contributed by atoms with Gasteiger partial charge in [-0.1, -0.05) is 35.8 Å². The molecule has 5 rings (SSSR count). The number of aromatic nitrogens is 4. The van der Waals surface area contributed by atoms with Gasteiger partial charge in [0.2, 0.25) is 5.88 Å². The molecule has 0 saturated carbocycles. The Morgan fingerprint density at radius 1 is 1.09 bits per heavy atom. The highest BCUT2D eigenvalue weighted by atomic mass is 35.5. The van der Waals surface area contributed by atoms with Crippen LogP contribution in [-0.4, -0.2) is 31.7 Å². The van der Waals surface area contributed by atoms with Crippen molar-refractivity contribution < 1.29 is 9.53 Å². The average molecular weight is 497 g/mol. The SMILES string of the molecule is C=C1NC(=O)N(c2cc(Cl)c(Oc3n[nH]c(=O)cc3-c3ccc4ccnn4c3)c(Cl)c2)N=C1N. The van der Waals surface area contributed by atoms with E-state index in [1.165, 1.54) is 18.2 Å². The van der Waals surface area contributed by atoms with E-state index in [1.807, 2.05) is 12.1 Å². The molecule has 34 heavy (non-hydrogen) atoms. The minimum absolute atomic E-state index is 0.0309. The minimum Gasteiger partial charge on any atom is -0.434 e. The summed E-state index contributed by atoms with van der Waals surface area (Å²) < 4.78 is 7.57. The molecular weight excluding hydrogens is 483 g/mol. The van der Waals surface area contributed by atoms with E-state index in [0.717, 1.165) is 10.5 Å². The average Bonchev–Trinajstić information content (AvgIpc) is 3.27. The van der Waals surface area contributed by atoms with Gasteiger partial charge in [-0.15, -0.1) is 10.2 Å². The summed E-state index contributed by atoms with van der Waals surface area (Å²) >= 11 is 12.9. The number of hydrogen-bond acceptors (Lipinski definition) is 7. The lowest BCUT2D eigenvalue weighted by Gasteiger charge is -2.24. The van der Waals surface area contributed by atoms with E-state index in [9.17, 15) is 9.59 Å². The number of urea groups is 1. The maximum atomic E-state index is 12.3. The molecule has 4 N–H and O–H groups in total. The van der Waals surface area contributed by atoms with E-state index in [1.54, 1.807) is 23.0 Å². The Labute approximate surface area is 201 Å². The van der Waals surface area contributed by atoms with Crippen molar-refractivity contribution in [2.45, 2.75) is 0 Å². The van der Waals surface area contributed by atoms with Gasteiger partial charge in [-0.25, -0.2) is 14.4 Å². The highest BCUT2D eigenvalue weighted by Gasteiger charge is 2.25. The second-order valence-electron chi connectivity index (χ2n) is 7.12. The van der Waals surface area contributed by atoms with Gasteiger partial charge in [0.25, 0.3) is 5.56 Å². The number of pyridine rings is 1. The first-order valence-electron chi connectivity index (χ1n) is 9.65. The van der Waals surface area contributed by atoms with Gasteiger partial charge in [0.05, 0.1) is 32.5 Å². The van der Waals surface area contributed by atoms with Gasteiger partial charge in [-0.05, 0) is 24.3 Å². The van der Waals surface area contributed by atoms with Crippen LogP contribution in [0.15, 0.2) is 71.0 Å². The number of hydrogen-bond donors (Lipinski definition) is 3. The molecule has 4 aromatic rings. The zero-order chi connectivity index (χ0) is 24.0. The van der Waals surface area contributed by atoms with Crippen molar-refractivity contribution in [2.24, 2.45) is 10.8 Å². The van der Waals surface area contributed by atoms with Crippen molar-refractivity contribution in [2.75, 3.05) is 5.01 Å². The third kappa shape index (κ3) is 3.83. The van der Waals surface area contributed by atoms with Crippen LogP contribution in [0.1, 0.15) is 0 Å². The molecule has 170 valence electrons. The molecular formula is C21H14Cl2N8O3. The number of H-pyrrole nitrogens is 1. The number of carbonyl (C=O) groups is 1. The molecule has 0 atom stereocenters. The summed E-state index contributed by atoms with van der Waals surface area (Å²) in [6.45, 7) is 3.60. The van der Waals surface area contributed by atoms with Crippen LogP contribution in [0.5, 0.6) is 11.6 Å². The van der Waals surface area contributed by atoms with Crippen LogP contribution < -0.4 is 26.4 Å². The Bertz CT molecular complexity index is 1550. The molecule has 0 saturated heterocycles. The maximum absolute atomic E-state index is 12.3. The Hall–Kier alpha value is -4.35. The number of fused-ring (bicyclic) bond motifs is 1. The van der Waals surface area contributed by atoms with Crippen molar-refractivity contribution in [3.05, 3.63) is 81.5 Å². The Morgan fingerprint density at radius 3 is 2.62 bits per heavy atom. The molecule has 4 heterocycles. The molecule has 0 spiro atoms. The largest absolute Gasteiger partial charge is 0.434 e. The second-order valence-corrected chi connectivity index (χ2v) is 7.93. The Kier molecular flexibility index (Phi) is 5.19. The first kappa shape index (κ1) is 21.5. The number of amides is 2. The van der Waals surface area contributed by atoms with Crippen molar-refractivity contribution in [1.29, 1.82) is 0 Å². The van der Waals surface area contributed by atoms with Gasteiger partial charge < -0.3 is 15.8 Å². The van der Waals surface area contributed by atoms with E-state index in [-0.39, 0.29) is 38.9 Å². The van der Waals surface area contributed by atoms with Crippen LogP contribution in [0, 0.1) is 0 Å². The molecule has 0 radical (unpaired) electrons. The van der Waals surface area contributed by atoms with Crippen molar-refractivity contribution in [3.63, 3.8) is 0 Å². The zero-order valence-electron chi connectivity index (χ0n) is 17.1. The van der Waals surface area contributed by atoms with E-state index in [4.69, 9.17) is 33.7 Å². The van der Waals surface area contributed by atoms with Gasteiger partial charge in [-0.3, -0.25) is 4.79 Å². The molecule has 0 aliphatic carbocycles. The quantitative estimate of drug-likeness (QED) is 0.394. The molecule has 1 aromatic carbocycles. The standard InChI is InChI=1S/C21H14Cl2N8O3/c1-10-19(24)29-31(21(33)26-10)13-6-15(22)18(16(23)7-13)34-20-14(8-17(32)27-28-20)11-2-3-12-4-5-25-30(12)9-11/h2-9H,1H2,(H2,24,29)(H,26,33)(H,27,32). The number of carbonyl (C=O) groups excluding carboxylic acids is 1. The Balaban J connectivity index is 1.54. The van der Waals surface area contributed by atoms with E-state index in [2.05, 4.69) is 32.3 Å². The maximum Gasteiger partial charge on any atom is 0.347 e. The molecule has 0 unspecified atom stereocenters. The third-order valence-corrected chi connectivity index (χ3v) is 5.44. The monoisotopic (exact) mass is 496 g/mol. The molecule has 13 heteroatoms. The van der Waals surface area contributed by atoms with Gasteiger partial charge >= 0.3 is 6.03 Å². The van der Waals surface area contributed by atoms with Crippen LogP contribution in [0.4, 0.5) is 10.5 Å². The predicted octanol–water partition coefficient (Wildman–Crippen LogP) is 3.50. The second kappa shape index (κ2) is 8.21. The molecule has 1 aliphatic heterocycles. The van der Waals surface area contributed by atoms with Crippen LogP contribution in [0.25, 0.3) is 16.6 Å². The van der Waals surface area contributed by atoms with Crippen LogP contribution in [0.2, 0.25) is 10.0 Å². The topological polar surface area (TPSA) is 143 Å². The number of halogens is 2. The van der Waals surface area contributed by atoms with E-state index < -0.39 is 11.6 Å². The number of amidine groups is 1. The molecule has 0 bridgehead atoms. The van der Waals surface area contributed by atoms with Crippen molar-refractivity contribution in [1.82, 2.24) is 25.1 Å².